The average molecular weight is 267 g/mol. The fraction of sp³-hybridized carbons (Fsp3) is 0.533. The van der Waals surface area contributed by atoms with Gasteiger partial charge in [-0.05, 0) is 18.6 Å². The maximum Gasteiger partial charge on any atom is 0.293 e. The van der Waals surface area contributed by atoms with Gasteiger partial charge in [0.1, 0.15) is 6.61 Å². The number of ether oxygens (including phenoxy) is 2. The van der Waals surface area contributed by atoms with Gasteiger partial charge in [-0.3, -0.25) is 4.79 Å². The molecule has 0 saturated carbocycles. The van der Waals surface area contributed by atoms with E-state index in [1.165, 1.54) is 5.69 Å². The van der Waals surface area contributed by atoms with Gasteiger partial charge in [-0.25, -0.2) is 0 Å². The van der Waals surface area contributed by atoms with Crippen molar-refractivity contribution in [3.8, 4) is 0 Å². The molecule has 4 nitrogen and oxygen atoms in total. The monoisotopic (exact) mass is 267 g/mol. The third-order valence-electron chi connectivity index (χ3n) is 2.33. The Morgan fingerprint density at radius 1 is 1.11 bits per heavy atom. The summed E-state index contributed by atoms with van der Waals surface area (Å²) in [7, 11) is 4.07. The molecule has 0 aliphatic heterocycles. The summed E-state index contributed by atoms with van der Waals surface area (Å²) in [6.45, 7) is 4.18. The lowest BCUT2D eigenvalue weighted by atomic mass is 10.3. The zero-order valence-corrected chi connectivity index (χ0v) is 12.2. The van der Waals surface area contributed by atoms with Crippen LogP contribution in [-0.2, 0) is 14.3 Å². The molecule has 0 heterocycles. The first-order valence-electron chi connectivity index (χ1n) is 6.57. The Morgan fingerprint density at radius 3 is 2.26 bits per heavy atom. The summed E-state index contributed by atoms with van der Waals surface area (Å²) in [6, 6.07) is 10.3. The summed E-state index contributed by atoms with van der Waals surface area (Å²) in [4.78, 5) is 11.7. The molecule has 4 heteroatoms. The number of hydrogen-bond acceptors (Lipinski definition) is 4. The highest BCUT2D eigenvalue weighted by Gasteiger charge is 1.88. The minimum atomic E-state index is 0.368. The molecule has 0 unspecified atom stereocenters. The SMILES string of the molecule is CCCCOCCOC=O.CN(C)c1ccccc1. The molecule has 0 amide bonds. The summed E-state index contributed by atoms with van der Waals surface area (Å²) < 4.78 is 9.50. The lowest BCUT2D eigenvalue weighted by molar-refractivity contribution is -0.130. The smallest absolute Gasteiger partial charge is 0.293 e. The van der Waals surface area contributed by atoms with Gasteiger partial charge in [0.25, 0.3) is 6.47 Å². The van der Waals surface area contributed by atoms with E-state index in [2.05, 4.69) is 28.7 Å². The van der Waals surface area contributed by atoms with Crippen molar-refractivity contribution in [1.29, 1.82) is 0 Å². The Bertz CT molecular complexity index is 302. The summed E-state index contributed by atoms with van der Waals surface area (Å²) in [6.07, 6.45) is 2.20. The number of benzene rings is 1. The van der Waals surface area contributed by atoms with Crippen LogP contribution in [0.4, 0.5) is 5.69 Å². The molecule has 0 aliphatic rings. The predicted molar refractivity (Wildman–Crippen MR) is 78.5 cm³/mol. The van der Waals surface area contributed by atoms with E-state index in [0.717, 1.165) is 19.4 Å². The van der Waals surface area contributed by atoms with E-state index in [9.17, 15) is 4.79 Å². The largest absolute Gasteiger partial charge is 0.465 e. The van der Waals surface area contributed by atoms with Gasteiger partial charge in [0.2, 0.25) is 0 Å². The molecule has 0 aliphatic carbocycles. The molecule has 0 radical (unpaired) electrons. The topological polar surface area (TPSA) is 38.8 Å². The molecule has 0 bridgehead atoms. The maximum atomic E-state index is 9.62. The fourth-order valence-corrected chi connectivity index (χ4v) is 1.23. The Hall–Kier alpha value is -1.55. The van der Waals surface area contributed by atoms with E-state index >= 15 is 0 Å². The molecule has 0 N–H and O–H groups in total. The number of carbonyl (C=O) groups is 1. The zero-order chi connectivity index (χ0) is 14.3. The van der Waals surface area contributed by atoms with Crippen molar-refractivity contribution in [1.82, 2.24) is 0 Å². The number of rotatable bonds is 8. The Balaban J connectivity index is 0.000000342. The van der Waals surface area contributed by atoms with E-state index in [-0.39, 0.29) is 0 Å². The molecule has 0 atom stereocenters. The van der Waals surface area contributed by atoms with Gasteiger partial charge >= 0.3 is 0 Å². The van der Waals surface area contributed by atoms with Gasteiger partial charge in [-0.1, -0.05) is 31.5 Å². The third kappa shape index (κ3) is 11.3. The Morgan fingerprint density at radius 2 is 1.79 bits per heavy atom. The molecule has 0 saturated heterocycles. The van der Waals surface area contributed by atoms with Gasteiger partial charge in [-0.2, -0.15) is 0 Å². The number of unbranched alkanes of at least 4 members (excludes halogenated alkanes) is 1. The van der Waals surface area contributed by atoms with Crippen LogP contribution in [0.3, 0.4) is 0 Å². The van der Waals surface area contributed by atoms with Crippen molar-refractivity contribution in [2.75, 3.05) is 38.8 Å². The van der Waals surface area contributed by atoms with Gasteiger partial charge in [0.15, 0.2) is 0 Å². The van der Waals surface area contributed by atoms with Crippen LogP contribution in [-0.4, -0.2) is 40.4 Å². The second-order valence-corrected chi connectivity index (χ2v) is 4.16. The van der Waals surface area contributed by atoms with Crippen LogP contribution in [0.15, 0.2) is 30.3 Å². The number of para-hydroxylation sites is 1. The van der Waals surface area contributed by atoms with Crippen LogP contribution < -0.4 is 4.90 Å². The minimum Gasteiger partial charge on any atom is -0.465 e. The summed E-state index contributed by atoms with van der Waals surface area (Å²) >= 11 is 0. The van der Waals surface area contributed by atoms with Crippen LogP contribution in [0, 0.1) is 0 Å². The molecule has 108 valence electrons. The van der Waals surface area contributed by atoms with Crippen LogP contribution in [0.25, 0.3) is 0 Å². The zero-order valence-electron chi connectivity index (χ0n) is 12.2. The summed E-state index contributed by atoms with van der Waals surface area (Å²) in [5.74, 6) is 0. The highest BCUT2D eigenvalue weighted by atomic mass is 16.5. The number of hydrogen-bond donors (Lipinski definition) is 0. The Labute approximate surface area is 116 Å². The van der Waals surface area contributed by atoms with Crippen molar-refractivity contribution < 1.29 is 14.3 Å². The van der Waals surface area contributed by atoms with Crippen LogP contribution in [0.5, 0.6) is 0 Å². The van der Waals surface area contributed by atoms with Gasteiger partial charge in [0.05, 0.1) is 6.61 Å². The number of anilines is 1. The first-order valence-corrected chi connectivity index (χ1v) is 6.57. The van der Waals surface area contributed by atoms with Crippen molar-refractivity contribution in [2.45, 2.75) is 19.8 Å². The first kappa shape index (κ1) is 17.4. The Kier molecular flexibility index (Phi) is 11.8. The molecule has 0 spiro atoms. The maximum absolute atomic E-state index is 9.62. The number of carbonyl (C=O) groups excluding carboxylic acids is 1. The standard InChI is InChI=1S/C8H11N.C7H14O3/c1-9(2)8-6-4-3-5-7-8;1-2-3-4-9-5-6-10-7-8/h3-7H,1-2H3;7H,2-6H2,1H3. The predicted octanol–water partition coefficient (Wildman–Crippen LogP) is 2.73. The van der Waals surface area contributed by atoms with Crippen molar-refractivity contribution in [2.24, 2.45) is 0 Å². The highest BCUT2D eigenvalue weighted by molar-refractivity contribution is 5.43. The van der Waals surface area contributed by atoms with E-state index < -0.39 is 0 Å². The van der Waals surface area contributed by atoms with E-state index in [0.29, 0.717) is 19.7 Å². The van der Waals surface area contributed by atoms with E-state index in [4.69, 9.17) is 4.74 Å². The van der Waals surface area contributed by atoms with Crippen molar-refractivity contribution >= 4 is 12.2 Å². The lowest BCUT2D eigenvalue weighted by Crippen LogP contribution is -2.07. The fourth-order valence-electron chi connectivity index (χ4n) is 1.23. The molecule has 19 heavy (non-hydrogen) atoms. The molecule has 1 rings (SSSR count). The normalized spacial score (nSPS) is 9.21. The molecule has 1 aromatic rings. The van der Waals surface area contributed by atoms with Gasteiger partial charge in [-0.15, -0.1) is 0 Å². The number of nitrogens with zero attached hydrogens (tertiary/aromatic N) is 1. The molecular weight excluding hydrogens is 242 g/mol. The highest BCUT2D eigenvalue weighted by Crippen LogP contribution is 2.07. The third-order valence-corrected chi connectivity index (χ3v) is 2.33. The van der Waals surface area contributed by atoms with Crippen LogP contribution >= 0.6 is 0 Å². The average Bonchev–Trinajstić information content (AvgIpc) is 2.44. The lowest BCUT2D eigenvalue weighted by Gasteiger charge is -2.10. The van der Waals surface area contributed by atoms with Gasteiger partial charge < -0.3 is 14.4 Å². The quantitative estimate of drug-likeness (QED) is 0.536. The summed E-state index contributed by atoms with van der Waals surface area (Å²) in [5.41, 5.74) is 1.25. The summed E-state index contributed by atoms with van der Waals surface area (Å²) in [5, 5.41) is 0. The molecule has 0 aromatic heterocycles. The van der Waals surface area contributed by atoms with E-state index in [1.807, 2.05) is 32.3 Å². The molecular formula is C15H25NO3. The van der Waals surface area contributed by atoms with Gasteiger partial charge in [0, 0.05) is 26.4 Å². The van der Waals surface area contributed by atoms with E-state index in [1.54, 1.807) is 0 Å². The van der Waals surface area contributed by atoms with Crippen molar-refractivity contribution in [3.63, 3.8) is 0 Å². The second kappa shape index (κ2) is 12.9. The minimum absolute atomic E-state index is 0.368. The molecule has 1 aromatic carbocycles. The second-order valence-electron chi connectivity index (χ2n) is 4.16. The van der Waals surface area contributed by atoms with Crippen LogP contribution in [0.1, 0.15) is 19.8 Å². The van der Waals surface area contributed by atoms with Crippen molar-refractivity contribution in [3.05, 3.63) is 30.3 Å². The first-order chi connectivity index (χ1) is 9.22. The molecule has 0 fully saturated rings. The van der Waals surface area contributed by atoms with Crippen LogP contribution in [0.2, 0.25) is 0 Å².